The van der Waals surface area contributed by atoms with Crippen LogP contribution >= 0.6 is 0 Å². The van der Waals surface area contributed by atoms with Crippen molar-refractivity contribution in [1.82, 2.24) is 0 Å². The van der Waals surface area contributed by atoms with Crippen LogP contribution in [0.5, 0.6) is 0 Å². The first-order valence-corrected chi connectivity index (χ1v) is 21.2. The lowest BCUT2D eigenvalue weighted by Crippen LogP contribution is -2.29. The van der Waals surface area contributed by atoms with E-state index in [2.05, 4.69) is 204 Å². The van der Waals surface area contributed by atoms with E-state index >= 15 is 0 Å². The molecule has 0 amide bonds. The lowest BCUT2D eigenvalue weighted by molar-refractivity contribution is 0.665. The molecule has 284 valence electrons. The molecule has 0 bridgehead atoms. The van der Waals surface area contributed by atoms with Crippen molar-refractivity contribution in [3.8, 4) is 44.5 Å². The van der Waals surface area contributed by atoms with E-state index in [1.54, 1.807) is 0 Å². The molecule has 60 heavy (non-hydrogen) atoms. The summed E-state index contributed by atoms with van der Waals surface area (Å²) in [6.45, 7) is 9.15. The standard InChI is InChI=1S/C59H42O/c1-5-37-38(6-2)56(45-22-12-11-21-44(45)55(37)43-24-15-17-35-16-7-8-18-39(35)43)46-28-27-40(41-19-9-10-20-42(41)46)36-26-32-52-51(34-36)49-30-29-47-48(58(49)59(52,3)4)31-33-54-57(47)50-23-13-14-25-53(50)60-54/h5-34H,1-4H3/b37-5+,38-6+. The lowest BCUT2D eigenvalue weighted by Gasteiger charge is -2.23. The van der Waals surface area contributed by atoms with Gasteiger partial charge in [0.1, 0.15) is 11.2 Å². The minimum absolute atomic E-state index is 0.165. The molecule has 1 aliphatic carbocycles. The van der Waals surface area contributed by atoms with Crippen molar-refractivity contribution in [3.63, 3.8) is 0 Å². The smallest absolute Gasteiger partial charge is 0.136 e. The van der Waals surface area contributed by atoms with Gasteiger partial charge >= 0.3 is 0 Å². The minimum atomic E-state index is -0.165. The summed E-state index contributed by atoms with van der Waals surface area (Å²) >= 11 is 0. The van der Waals surface area contributed by atoms with Crippen molar-refractivity contribution < 1.29 is 4.42 Å². The van der Waals surface area contributed by atoms with Crippen LogP contribution in [0.25, 0.3) is 122 Å². The van der Waals surface area contributed by atoms with Gasteiger partial charge in [0, 0.05) is 16.2 Å². The Balaban J connectivity index is 1.06. The Labute approximate surface area is 349 Å². The van der Waals surface area contributed by atoms with Gasteiger partial charge in [0.05, 0.1) is 0 Å². The summed E-state index contributed by atoms with van der Waals surface area (Å²) in [6.07, 6.45) is 4.63. The Bertz CT molecular complexity index is 3760. The topological polar surface area (TPSA) is 13.1 Å². The van der Waals surface area contributed by atoms with Gasteiger partial charge < -0.3 is 4.42 Å². The molecular weight excluding hydrogens is 725 g/mol. The second kappa shape index (κ2) is 12.9. The van der Waals surface area contributed by atoms with Crippen LogP contribution < -0.4 is 10.4 Å². The molecule has 0 unspecified atom stereocenters. The third kappa shape index (κ3) is 4.75. The zero-order valence-corrected chi connectivity index (χ0v) is 34.2. The molecule has 1 heteroatoms. The van der Waals surface area contributed by atoms with Crippen molar-refractivity contribution >= 4 is 77.2 Å². The lowest BCUT2D eigenvalue weighted by atomic mass is 9.79. The van der Waals surface area contributed by atoms with Crippen LogP contribution in [0.3, 0.4) is 0 Å². The highest BCUT2D eigenvalue weighted by Crippen LogP contribution is 2.53. The first-order valence-electron chi connectivity index (χ1n) is 21.2. The van der Waals surface area contributed by atoms with Gasteiger partial charge in [-0.25, -0.2) is 0 Å². The van der Waals surface area contributed by atoms with Crippen molar-refractivity contribution in [2.45, 2.75) is 33.1 Å². The van der Waals surface area contributed by atoms with Crippen molar-refractivity contribution in [2.24, 2.45) is 0 Å². The number of furan rings is 1. The third-order valence-corrected chi connectivity index (χ3v) is 13.6. The largest absolute Gasteiger partial charge is 0.456 e. The minimum Gasteiger partial charge on any atom is -0.456 e. The van der Waals surface area contributed by atoms with E-state index in [1.807, 2.05) is 6.07 Å². The molecule has 0 spiro atoms. The highest BCUT2D eigenvalue weighted by atomic mass is 16.3. The molecule has 1 nitrogen and oxygen atoms in total. The van der Waals surface area contributed by atoms with E-state index in [4.69, 9.17) is 4.42 Å². The van der Waals surface area contributed by atoms with Gasteiger partial charge in [-0.2, -0.15) is 0 Å². The summed E-state index contributed by atoms with van der Waals surface area (Å²) in [7, 11) is 0. The van der Waals surface area contributed by atoms with Gasteiger partial charge in [0.2, 0.25) is 0 Å². The average molecular weight is 767 g/mol. The first-order chi connectivity index (χ1) is 29.5. The van der Waals surface area contributed by atoms with Crippen molar-refractivity contribution in [2.75, 3.05) is 0 Å². The van der Waals surface area contributed by atoms with Crippen molar-refractivity contribution in [3.05, 3.63) is 191 Å². The van der Waals surface area contributed by atoms with Crippen molar-refractivity contribution in [1.29, 1.82) is 0 Å². The summed E-state index contributed by atoms with van der Waals surface area (Å²) < 4.78 is 6.31. The van der Waals surface area contributed by atoms with E-state index in [1.165, 1.54) is 120 Å². The molecule has 0 saturated heterocycles. The van der Waals surface area contributed by atoms with Gasteiger partial charge in [-0.1, -0.05) is 178 Å². The zero-order chi connectivity index (χ0) is 40.3. The number of benzene rings is 10. The highest BCUT2D eigenvalue weighted by molar-refractivity contribution is 6.21. The maximum absolute atomic E-state index is 6.31. The number of hydrogen-bond donors (Lipinski definition) is 0. The molecule has 0 aliphatic heterocycles. The zero-order valence-electron chi connectivity index (χ0n) is 34.2. The van der Waals surface area contributed by atoms with Crippen LogP contribution in [0.2, 0.25) is 0 Å². The number of para-hydroxylation sites is 1. The fourth-order valence-corrected chi connectivity index (χ4v) is 11.0. The molecular formula is C59H42O. The van der Waals surface area contributed by atoms with Crippen LogP contribution in [0.1, 0.15) is 38.8 Å². The van der Waals surface area contributed by atoms with Gasteiger partial charge in [-0.05, 0) is 141 Å². The summed E-state index contributed by atoms with van der Waals surface area (Å²) in [6, 6.07) is 62.9. The predicted octanol–water partition coefficient (Wildman–Crippen LogP) is 15.1. The molecule has 0 saturated carbocycles. The fraction of sp³-hybridized carbons (Fsp3) is 0.0847. The summed E-state index contributed by atoms with van der Waals surface area (Å²) in [4.78, 5) is 0. The maximum atomic E-state index is 6.31. The predicted molar refractivity (Wildman–Crippen MR) is 257 cm³/mol. The van der Waals surface area contributed by atoms with Gasteiger partial charge in [-0.3, -0.25) is 0 Å². The first kappa shape index (κ1) is 34.8. The van der Waals surface area contributed by atoms with Crippen LogP contribution in [-0.2, 0) is 5.41 Å². The molecule has 1 heterocycles. The molecule has 0 radical (unpaired) electrons. The van der Waals surface area contributed by atoms with Crippen LogP contribution in [-0.4, -0.2) is 0 Å². The van der Waals surface area contributed by atoms with E-state index < -0.39 is 0 Å². The second-order valence-corrected chi connectivity index (χ2v) is 16.9. The summed E-state index contributed by atoms with van der Waals surface area (Å²) in [5, 5.41) is 15.0. The Kier molecular flexibility index (Phi) is 7.47. The fourth-order valence-electron chi connectivity index (χ4n) is 11.0. The molecule has 10 aromatic carbocycles. The molecule has 1 aromatic heterocycles. The van der Waals surface area contributed by atoms with Gasteiger partial charge in [-0.15, -0.1) is 0 Å². The average Bonchev–Trinajstić information content (AvgIpc) is 3.79. The number of fused-ring (bicyclic) bond motifs is 12. The van der Waals surface area contributed by atoms with Crippen LogP contribution in [0.15, 0.2) is 174 Å². The molecule has 12 rings (SSSR count). The molecule has 0 fully saturated rings. The molecule has 0 N–H and O–H groups in total. The third-order valence-electron chi connectivity index (χ3n) is 13.6. The van der Waals surface area contributed by atoms with E-state index in [-0.39, 0.29) is 5.41 Å². The number of hydrogen-bond acceptors (Lipinski definition) is 1. The molecule has 0 atom stereocenters. The van der Waals surface area contributed by atoms with Crippen LogP contribution in [0.4, 0.5) is 0 Å². The summed E-state index contributed by atoms with van der Waals surface area (Å²) in [5.41, 5.74) is 14.7. The van der Waals surface area contributed by atoms with E-state index in [0.717, 1.165) is 11.2 Å². The quantitative estimate of drug-likeness (QED) is 0.175. The Morgan fingerprint density at radius 3 is 1.70 bits per heavy atom. The molecule has 1 aliphatic rings. The van der Waals surface area contributed by atoms with Crippen LogP contribution in [0, 0.1) is 0 Å². The normalized spacial score (nSPS) is 14.0. The SMILES string of the molecule is C/C=c1/c(-c2cccc3ccccc23)c2ccccc2c(-c2ccc(-c3ccc4c(c3)-c3ccc5c(ccc6oc7ccccc7c65)c3C4(C)C)c3ccccc23)/c1=C/C. The second-order valence-electron chi connectivity index (χ2n) is 16.9. The van der Waals surface area contributed by atoms with E-state index in [9.17, 15) is 0 Å². The Hall–Kier alpha value is -7.22. The Morgan fingerprint density at radius 2 is 0.967 bits per heavy atom. The van der Waals surface area contributed by atoms with Gasteiger partial charge in [0.15, 0.2) is 0 Å². The van der Waals surface area contributed by atoms with E-state index in [0.29, 0.717) is 0 Å². The Morgan fingerprint density at radius 1 is 0.400 bits per heavy atom. The van der Waals surface area contributed by atoms with Gasteiger partial charge in [0.25, 0.3) is 0 Å². The monoisotopic (exact) mass is 766 g/mol. The highest BCUT2D eigenvalue weighted by Gasteiger charge is 2.37. The maximum Gasteiger partial charge on any atom is 0.136 e. The number of rotatable bonds is 3. The summed E-state index contributed by atoms with van der Waals surface area (Å²) in [5.74, 6) is 0. The molecule has 11 aromatic rings.